The van der Waals surface area contributed by atoms with Crippen LogP contribution in [0.25, 0.3) is 0 Å². The van der Waals surface area contributed by atoms with Gasteiger partial charge in [-0.15, -0.1) is 0 Å². The Morgan fingerprint density at radius 3 is 2.00 bits per heavy atom. The molecule has 0 aliphatic rings. The molecule has 0 spiro atoms. The van der Waals surface area contributed by atoms with Gasteiger partial charge >= 0.3 is 29.6 Å². The zero-order valence-corrected chi connectivity index (χ0v) is 7.65. The summed E-state index contributed by atoms with van der Waals surface area (Å²) in [6, 6.07) is 0. The van der Waals surface area contributed by atoms with Gasteiger partial charge in [0.25, 0.3) is 0 Å². The molecule has 0 rings (SSSR count). The monoisotopic (exact) mass is 154 g/mol. The summed E-state index contributed by atoms with van der Waals surface area (Å²) >= 11 is 6.79. The van der Waals surface area contributed by atoms with E-state index in [1.807, 2.05) is 0 Å². The molecule has 34 valence electrons. The van der Waals surface area contributed by atoms with Gasteiger partial charge in [-0.05, 0) is 11.7 Å². The van der Waals surface area contributed by atoms with E-state index in [1.54, 1.807) is 0 Å². The summed E-state index contributed by atoms with van der Waals surface area (Å²) in [4.78, 5) is 0. The Bertz CT molecular complexity index is 96.1. The summed E-state index contributed by atoms with van der Waals surface area (Å²) in [7, 11) is -3.14. The topological polar surface area (TPSA) is 37.3 Å². The molecule has 1 N–H and O–H groups in total. The third-order valence-corrected chi connectivity index (χ3v) is 0. The van der Waals surface area contributed by atoms with Crippen molar-refractivity contribution < 1.29 is 39.7 Å². The molecule has 0 amide bonds. The fraction of sp³-hybridized carbons (Fsp3) is 0. The molecule has 6 heteroatoms. The predicted molar refractivity (Wildman–Crippen MR) is 28.2 cm³/mol. The van der Waals surface area contributed by atoms with Gasteiger partial charge in [-0.3, -0.25) is 4.55 Å². The molecule has 0 fully saturated rings. The summed E-state index contributed by atoms with van der Waals surface area (Å²) in [6.07, 6.45) is 0. The maximum Gasteiger partial charge on any atom is 1.00 e. The van der Waals surface area contributed by atoms with Gasteiger partial charge in [0.2, 0.25) is 0 Å². The van der Waals surface area contributed by atoms with E-state index in [4.69, 9.17) is 4.55 Å². The predicted octanol–water partition coefficient (Wildman–Crippen LogP) is -2.83. The zero-order chi connectivity index (χ0) is 4.50. The van der Waals surface area contributed by atoms with E-state index in [9.17, 15) is 4.21 Å². The summed E-state index contributed by atoms with van der Waals surface area (Å²) in [6.45, 7) is 0. The minimum atomic E-state index is -3.14. The van der Waals surface area contributed by atoms with Gasteiger partial charge in [0, 0.05) is 11.2 Å². The molecule has 1 atom stereocenters. The van der Waals surface area contributed by atoms with Crippen molar-refractivity contribution in [3.63, 3.8) is 0 Å². The molecule has 2 nitrogen and oxygen atoms in total. The molecule has 0 heterocycles. The minimum absolute atomic E-state index is 0. The molecular weight excluding hydrogens is 151 g/mol. The zero-order valence-electron chi connectivity index (χ0n) is 4.12. The number of hydrogen-bond donors (Lipinski definition) is 2. The first kappa shape index (κ1) is 10.6. The van der Waals surface area contributed by atoms with Crippen molar-refractivity contribution in [3.8, 4) is 0 Å². The number of hydrogen-bond acceptors (Lipinski definition) is 2. The van der Waals surface area contributed by atoms with Crippen molar-refractivity contribution in [1.82, 2.24) is 0 Å². The van der Waals surface area contributed by atoms with Gasteiger partial charge in [0.05, 0.1) is 0 Å². The Kier molecular flexibility index (Phi) is 6.47. The Labute approximate surface area is 69.8 Å². The largest absolute Gasteiger partial charge is 1.00 e. The molecule has 0 aromatic rings. The van der Waals surface area contributed by atoms with Crippen LogP contribution in [0.2, 0.25) is 0 Å². The third kappa shape index (κ3) is 44.1. The molecule has 0 radical (unpaired) electrons. The van der Waals surface area contributed by atoms with Crippen molar-refractivity contribution in [2.24, 2.45) is 0 Å². The van der Waals surface area contributed by atoms with Crippen LogP contribution in [0.1, 0.15) is 1.43 Å². The Hall–Kier alpha value is 1.68. The summed E-state index contributed by atoms with van der Waals surface area (Å²) in [5.41, 5.74) is 0. The second-order valence-electron chi connectivity index (χ2n) is 0.448. The minimum Gasteiger partial charge on any atom is -1.00 e. The van der Waals surface area contributed by atoms with Crippen LogP contribution >= 0.6 is 11.7 Å². The first-order chi connectivity index (χ1) is 2.00. The molecule has 0 bridgehead atoms. The van der Waals surface area contributed by atoms with Crippen molar-refractivity contribution >= 4 is 30.7 Å². The second kappa shape index (κ2) is 3.65. The Balaban J connectivity index is -0.0000000800. The summed E-state index contributed by atoms with van der Waals surface area (Å²) in [5.74, 6) is 0. The number of rotatable bonds is 0. The van der Waals surface area contributed by atoms with Crippen molar-refractivity contribution in [1.29, 1.82) is 0 Å². The van der Waals surface area contributed by atoms with Crippen molar-refractivity contribution in [2.75, 3.05) is 0 Å². The fourth-order valence-electron chi connectivity index (χ4n) is 0. The molecule has 0 saturated heterocycles. The first-order valence-electron chi connectivity index (χ1n) is 0.698. The summed E-state index contributed by atoms with van der Waals surface area (Å²) < 4.78 is 17.1. The van der Waals surface area contributed by atoms with Crippen LogP contribution in [0.15, 0.2) is 0 Å². The van der Waals surface area contributed by atoms with Gasteiger partial charge in [-0.25, -0.2) is 4.21 Å². The molecule has 0 aliphatic carbocycles. The quantitative estimate of drug-likeness (QED) is 0.224. The molecule has 0 aliphatic heterocycles. The Morgan fingerprint density at radius 2 is 2.00 bits per heavy atom. The van der Waals surface area contributed by atoms with Crippen LogP contribution < -0.4 is 29.6 Å². The van der Waals surface area contributed by atoms with Crippen LogP contribution in [-0.2, 0) is 19.0 Å². The Morgan fingerprint density at radius 1 is 2.00 bits per heavy atom. The fourth-order valence-corrected chi connectivity index (χ4v) is 0. The number of thiol groups is 1. The SMILES string of the molecule is O=S(O)(=S)S.[H-].[Na+]. The van der Waals surface area contributed by atoms with Crippen LogP contribution in [0, 0.1) is 0 Å². The third-order valence-electron chi connectivity index (χ3n) is 0. The van der Waals surface area contributed by atoms with E-state index < -0.39 is 7.80 Å². The molecular formula is H3NaO2S3. The van der Waals surface area contributed by atoms with E-state index in [1.165, 1.54) is 0 Å². The first-order valence-corrected chi connectivity index (χ1v) is 4.19. The van der Waals surface area contributed by atoms with E-state index in [2.05, 4.69) is 22.8 Å². The van der Waals surface area contributed by atoms with E-state index >= 15 is 0 Å². The van der Waals surface area contributed by atoms with Crippen LogP contribution in [0.5, 0.6) is 0 Å². The molecule has 1 unspecified atom stereocenters. The summed E-state index contributed by atoms with van der Waals surface area (Å²) in [5, 5.41) is 0. The van der Waals surface area contributed by atoms with Crippen LogP contribution in [0.3, 0.4) is 0 Å². The van der Waals surface area contributed by atoms with Crippen LogP contribution in [0.4, 0.5) is 0 Å². The normalized spacial score (nSPS) is 17.7. The molecule has 0 aromatic heterocycles. The standard InChI is InChI=1S/Na.H2O2S3.H/c;1-5(2,3)4;/h;(H2,1,2,3,4);/q+1;;-1. The van der Waals surface area contributed by atoms with Gasteiger partial charge in [-0.1, -0.05) is 0 Å². The van der Waals surface area contributed by atoms with Crippen molar-refractivity contribution in [3.05, 3.63) is 0 Å². The van der Waals surface area contributed by atoms with Gasteiger partial charge < -0.3 is 1.43 Å². The van der Waals surface area contributed by atoms with Gasteiger partial charge in [-0.2, -0.15) is 0 Å². The van der Waals surface area contributed by atoms with E-state index in [0.29, 0.717) is 0 Å². The second-order valence-corrected chi connectivity index (χ2v) is 4.92. The van der Waals surface area contributed by atoms with E-state index in [-0.39, 0.29) is 31.0 Å². The molecule has 6 heavy (non-hydrogen) atoms. The smallest absolute Gasteiger partial charge is 1.00 e. The molecule has 0 saturated carbocycles. The average Bonchev–Trinajstić information content (AvgIpc) is 0.722. The molecule has 0 aromatic carbocycles. The average molecular weight is 154 g/mol. The maximum absolute atomic E-state index is 9.42. The van der Waals surface area contributed by atoms with E-state index in [0.717, 1.165) is 0 Å². The van der Waals surface area contributed by atoms with Gasteiger partial charge in [0.15, 0.2) is 7.80 Å². The van der Waals surface area contributed by atoms with Gasteiger partial charge in [0.1, 0.15) is 0 Å². The van der Waals surface area contributed by atoms with Crippen LogP contribution in [-0.4, -0.2) is 8.76 Å². The van der Waals surface area contributed by atoms with Crippen molar-refractivity contribution in [2.45, 2.75) is 0 Å². The maximum atomic E-state index is 9.42.